The molecule has 0 aliphatic carbocycles. The van der Waals surface area contributed by atoms with E-state index in [-0.39, 0.29) is 35.9 Å². The average Bonchev–Trinajstić information content (AvgIpc) is 2.48. The van der Waals surface area contributed by atoms with E-state index in [0.717, 1.165) is 0 Å². The van der Waals surface area contributed by atoms with Crippen molar-refractivity contribution < 1.29 is 24.1 Å². The summed E-state index contributed by atoms with van der Waals surface area (Å²) in [5, 5.41) is 9.11. The predicted molar refractivity (Wildman–Crippen MR) is 105 cm³/mol. The zero-order valence-electron chi connectivity index (χ0n) is 18.6. The first-order chi connectivity index (χ1) is 11.6. The average molecular weight is 375 g/mol. The van der Waals surface area contributed by atoms with Gasteiger partial charge in [-0.2, -0.15) is 0 Å². The molecular formula is C21H42O5. The SMILES string of the molecule is CC(C)C(=O)OC(C(C)C)C(C)(C)COC(C)(C)COC(C)(C)CCO. The van der Waals surface area contributed by atoms with Crippen LogP contribution in [0.1, 0.15) is 75.7 Å². The van der Waals surface area contributed by atoms with Crippen LogP contribution >= 0.6 is 0 Å². The summed E-state index contributed by atoms with van der Waals surface area (Å²) in [5.74, 6) is -0.129. The Hall–Kier alpha value is -0.650. The van der Waals surface area contributed by atoms with Crippen molar-refractivity contribution in [2.75, 3.05) is 19.8 Å². The second-order valence-electron chi connectivity index (χ2n) is 9.82. The van der Waals surface area contributed by atoms with Gasteiger partial charge in [0.05, 0.1) is 30.3 Å². The molecule has 26 heavy (non-hydrogen) atoms. The Morgan fingerprint density at radius 1 is 0.885 bits per heavy atom. The molecule has 0 spiro atoms. The molecule has 0 aromatic heterocycles. The minimum absolute atomic E-state index is 0.0958. The van der Waals surface area contributed by atoms with Crippen LogP contribution < -0.4 is 0 Å². The van der Waals surface area contributed by atoms with E-state index < -0.39 is 11.2 Å². The molecule has 156 valence electrons. The number of rotatable bonds is 12. The van der Waals surface area contributed by atoms with Gasteiger partial charge in [0.25, 0.3) is 0 Å². The van der Waals surface area contributed by atoms with Gasteiger partial charge in [0, 0.05) is 12.0 Å². The summed E-state index contributed by atoms with van der Waals surface area (Å²) < 4.78 is 17.9. The van der Waals surface area contributed by atoms with Crippen molar-refractivity contribution in [2.45, 2.75) is 93.0 Å². The number of ether oxygens (including phenoxy) is 3. The third-order valence-electron chi connectivity index (χ3n) is 4.45. The molecule has 0 saturated heterocycles. The van der Waals surface area contributed by atoms with E-state index >= 15 is 0 Å². The van der Waals surface area contributed by atoms with Crippen molar-refractivity contribution in [3.63, 3.8) is 0 Å². The predicted octanol–water partition coefficient (Wildman–Crippen LogP) is 4.21. The van der Waals surface area contributed by atoms with Crippen LogP contribution in [0.25, 0.3) is 0 Å². The van der Waals surface area contributed by atoms with E-state index in [1.54, 1.807) is 0 Å². The van der Waals surface area contributed by atoms with Crippen LogP contribution in [0.4, 0.5) is 0 Å². The van der Waals surface area contributed by atoms with Crippen molar-refractivity contribution in [3.8, 4) is 0 Å². The fourth-order valence-electron chi connectivity index (χ4n) is 2.67. The zero-order valence-corrected chi connectivity index (χ0v) is 18.6. The monoisotopic (exact) mass is 374 g/mol. The molecule has 0 bridgehead atoms. The summed E-state index contributed by atoms with van der Waals surface area (Å²) >= 11 is 0. The number of aliphatic hydroxyl groups excluding tert-OH is 1. The number of carbonyl (C=O) groups is 1. The van der Waals surface area contributed by atoms with Crippen LogP contribution in [0.3, 0.4) is 0 Å². The smallest absolute Gasteiger partial charge is 0.308 e. The molecule has 0 heterocycles. The summed E-state index contributed by atoms with van der Waals surface area (Å²) in [6.45, 7) is 20.8. The summed E-state index contributed by atoms with van der Waals surface area (Å²) in [6, 6.07) is 0. The van der Waals surface area contributed by atoms with Crippen molar-refractivity contribution in [3.05, 3.63) is 0 Å². The minimum atomic E-state index is -0.479. The second-order valence-corrected chi connectivity index (χ2v) is 9.82. The number of esters is 1. The summed E-state index contributed by atoms with van der Waals surface area (Å²) in [7, 11) is 0. The standard InChI is InChI=1S/C21H42O5/c1-15(2)17(26-18(23)16(3)4)19(5,6)13-24-21(9,10)14-25-20(7,8)11-12-22/h15-17,22H,11-14H2,1-10H3. The molecule has 0 aromatic carbocycles. The van der Waals surface area contributed by atoms with E-state index in [4.69, 9.17) is 19.3 Å². The Kier molecular flexibility index (Phi) is 9.80. The maximum atomic E-state index is 12.1. The molecule has 5 nitrogen and oxygen atoms in total. The lowest BCUT2D eigenvalue weighted by molar-refractivity contribution is -0.176. The van der Waals surface area contributed by atoms with E-state index in [1.165, 1.54) is 0 Å². The van der Waals surface area contributed by atoms with Gasteiger partial charge in [0.1, 0.15) is 6.10 Å². The quantitative estimate of drug-likeness (QED) is 0.518. The van der Waals surface area contributed by atoms with Gasteiger partial charge in [0.2, 0.25) is 0 Å². The highest BCUT2D eigenvalue weighted by atomic mass is 16.6. The summed E-state index contributed by atoms with van der Waals surface area (Å²) in [6.07, 6.45) is 0.356. The molecule has 1 unspecified atom stereocenters. The maximum Gasteiger partial charge on any atom is 0.308 e. The first kappa shape index (κ1) is 25.4. The maximum absolute atomic E-state index is 12.1. The fourth-order valence-corrected chi connectivity index (χ4v) is 2.67. The number of carbonyl (C=O) groups excluding carboxylic acids is 1. The second kappa shape index (κ2) is 10.0. The van der Waals surface area contributed by atoms with E-state index in [1.807, 2.05) is 41.5 Å². The van der Waals surface area contributed by atoms with Gasteiger partial charge in [-0.25, -0.2) is 0 Å². The molecule has 1 N–H and O–H groups in total. The highest BCUT2D eigenvalue weighted by molar-refractivity contribution is 5.71. The highest BCUT2D eigenvalue weighted by Crippen LogP contribution is 2.32. The van der Waals surface area contributed by atoms with Gasteiger partial charge in [-0.05, 0) is 40.0 Å². The number of aliphatic hydroxyl groups is 1. The van der Waals surface area contributed by atoms with Gasteiger partial charge in [0.15, 0.2) is 0 Å². The lowest BCUT2D eigenvalue weighted by Gasteiger charge is -2.39. The fraction of sp³-hybridized carbons (Fsp3) is 0.952. The third kappa shape index (κ3) is 9.33. The van der Waals surface area contributed by atoms with Crippen molar-refractivity contribution >= 4 is 5.97 Å². The Morgan fingerprint density at radius 3 is 1.81 bits per heavy atom. The van der Waals surface area contributed by atoms with Gasteiger partial charge >= 0.3 is 5.97 Å². The van der Waals surface area contributed by atoms with Gasteiger partial charge in [-0.3, -0.25) is 4.79 Å². The van der Waals surface area contributed by atoms with Crippen LogP contribution in [-0.2, 0) is 19.0 Å². The lowest BCUT2D eigenvalue weighted by Crippen LogP contribution is -2.45. The van der Waals surface area contributed by atoms with Gasteiger partial charge in [-0.15, -0.1) is 0 Å². The molecule has 0 radical (unpaired) electrons. The van der Waals surface area contributed by atoms with Gasteiger partial charge < -0.3 is 19.3 Å². The largest absolute Gasteiger partial charge is 0.461 e. The van der Waals surface area contributed by atoms with E-state index in [9.17, 15) is 4.79 Å². The van der Waals surface area contributed by atoms with E-state index in [0.29, 0.717) is 19.6 Å². The summed E-state index contributed by atoms with van der Waals surface area (Å²) in [4.78, 5) is 12.1. The van der Waals surface area contributed by atoms with Crippen molar-refractivity contribution in [2.24, 2.45) is 17.3 Å². The Bertz CT molecular complexity index is 424. The Balaban J connectivity index is 4.86. The van der Waals surface area contributed by atoms with Crippen LogP contribution in [0, 0.1) is 17.3 Å². The lowest BCUT2D eigenvalue weighted by atomic mass is 9.81. The molecule has 5 heteroatoms. The summed E-state index contributed by atoms with van der Waals surface area (Å²) in [5.41, 5.74) is -1.19. The Morgan fingerprint density at radius 2 is 1.38 bits per heavy atom. The first-order valence-electron chi connectivity index (χ1n) is 9.73. The molecule has 0 saturated carbocycles. The zero-order chi connectivity index (χ0) is 20.8. The number of hydrogen-bond donors (Lipinski definition) is 1. The molecule has 0 aromatic rings. The topological polar surface area (TPSA) is 65.0 Å². The first-order valence-corrected chi connectivity index (χ1v) is 9.73. The highest BCUT2D eigenvalue weighted by Gasteiger charge is 2.38. The minimum Gasteiger partial charge on any atom is -0.461 e. The molecule has 0 aliphatic rings. The normalized spacial score (nSPS) is 14.8. The molecule has 0 fully saturated rings. The number of hydrogen-bond acceptors (Lipinski definition) is 5. The van der Waals surface area contributed by atoms with Crippen molar-refractivity contribution in [1.29, 1.82) is 0 Å². The molecule has 0 rings (SSSR count). The molecule has 1 atom stereocenters. The van der Waals surface area contributed by atoms with Crippen LogP contribution in [0.2, 0.25) is 0 Å². The van der Waals surface area contributed by atoms with E-state index in [2.05, 4.69) is 27.7 Å². The third-order valence-corrected chi connectivity index (χ3v) is 4.45. The molecular weight excluding hydrogens is 332 g/mol. The Labute approximate surface area is 160 Å². The molecule has 0 amide bonds. The van der Waals surface area contributed by atoms with Crippen LogP contribution in [-0.4, -0.2) is 48.2 Å². The molecule has 0 aliphatic heterocycles. The van der Waals surface area contributed by atoms with Crippen LogP contribution in [0.15, 0.2) is 0 Å². The van der Waals surface area contributed by atoms with Crippen molar-refractivity contribution in [1.82, 2.24) is 0 Å². The van der Waals surface area contributed by atoms with Crippen LogP contribution in [0.5, 0.6) is 0 Å². The van der Waals surface area contributed by atoms with Gasteiger partial charge in [-0.1, -0.05) is 41.5 Å².